The Morgan fingerprint density at radius 3 is 2.39 bits per heavy atom. The third kappa shape index (κ3) is 4.49. The predicted molar refractivity (Wildman–Crippen MR) is 70.8 cm³/mol. The van der Waals surface area contributed by atoms with Crippen molar-refractivity contribution in [3.05, 3.63) is 12.4 Å². The average Bonchev–Trinajstić information content (AvgIpc) is 2.36. The summed E-state index contributed by atoms with van der Waals surface area (Å²) < 4.78 is 11.1. The van der Waals surface area contributed by atoms with Gasteiger partial charge in [0.2, 0.25) is 11.8 Å². The van der Waals surface area contributed by atoms with Crippen LogP contribution in [-0.4, -0.2) is 28.2 Å². The van der Waals surface area contributed by atoms with Crippen molar-refractivity contribution in [3.8, 4) is 11.8 Å². The predicted octanol–water partition coefficient (Wildman–Crippen LogP) is 2.16. The Labute approximate surface area is 109 Å². The van der Waals surface area contributed by atoms with Crippen LogP contribution in [-0.2, 0) is 0 Å². The molecule has 1 aromatic rings. The lowest BCUT2D eigenvalue weighted by molar-refractivity contribution is 0.195. The summed E-state index contributed by atoms with van der Waals surface area (Å²) >= 11 is 0. The summed E-state index contributed by atoms with van der Waals surface area (Å²) in [6.45, 7) is 8.45. The van der Waals surface area contributed by atoms with Gasteiger partial charge in [0, 0.05) is 5.54 Å². The minimum atomic E-state index is -0.302. The van der Waals surface area contributed by atoms with Crippen LogP contribution < -0.4 is 15.2 Å². The fourth-order valence-electron chi connectivity index (χ4n) is 1.38. The molecule has 0 saturated carbocycles. The molecule has 1 aromatic heterocycles. The van der Waals surface area contributed by atoms with Gasteiger partial charge in [0.1, 0.15) is 12.9 Å². The molecule has 0 spiro atoms. The largest absolute Gasteiger partial charge is 0.476 e. The van der Waals surface area contributed by atoms with Crippen molar-refractivity contribution in [2.45, 2.75) is 52.2 Å². The van der Waals surface area contributed by atoms with E-state index in [2.05, 4.69) is 23.8 Å². The average molecular weight is 253 g/mol. The highest BCUT2D eigenvalue weighted by Gasteiger charge is 2.21. The smallest absolute Gasteiger partial charge is 0.220 e. The Kier molecular flexibility index (Phi) is 5.34. The molecule has 0 amide bonds. The third-order valence-corrected chi connectivity index (χ3v) is 2.89. The number of hydrogen-bond donors (Lipinski definition) is 1. The molecule has 0 atom stereocenters. The second-order valence-electron chi connectivity index (χ2n) is 4.72. The second kappa shape index (κ2) is 6.54. The molecule has 0 aliphatic rings. The fraction of sp³-hybridized carbons (Fsp3) is 0.692. The van der Waals surface area contributed by atoms with E-state index in [1.807, 2.05) is 13.8 Å². The molecule has 1 heterocycles. The lowest BCUT2D eigenvalue weighted by atomic mass is 9.96. The molecule has 0 aromatic carbocycles. The van der Waals surface area contributed by atoms with Gasteiger partial charge in [-0.05, 0) is 26.7 Å². The zero-order valence-corrected chi connectivity index (χ0v) is 11.6. The van der Waals surface area contributed by atoms with E-state index in [0.717, 1.165) is 12.8 Å². The van der Waals surface area contributed by atoms with Crippen LogP contribution in [0.4, 0.5) is 0 Å². The van der Waals surface area contributed by atoms with Gasteiger partial charge in [0.25, 0.3) is 0 Å². The molecule has 0 unspecified atom stereocenters. The Hall–Kier alpha value is -1.36. The molecule has 0 radical (unpaired) electrons. The van der Waals surface area contributed by atoms with Crippen molar-refractivity contribution < 1.29 is 9.47 Å². The molecular formula is C13H23N3O2. The van der Waals surface area contributed by atoms with E-state index < -0.39 is 0 Å². The molecule has 0 aliphatic heterocycles. The molecule has 0 aliphatic carbocycles. The van der Waals surface area contributed by atoms with Crippen molar-refractivity contribution in [1.29, 1.82) is 0 Å². The Balaban J connectivity index is 2.62. The van der Waals surface area contributed by atoms with Gasteiger partial charge in [-0.15, -0.1) is 0 Å². The van der Waals surface area contributed by atoms with E-state index in [1.165, 1.54) is 6.33 Å². The van der Waals surface area contributed by atoms with Crippen molar-refractivity contribution in [2.75, 3.05) is 6.61 Å². The van der Waals surface area contributed by atoms with Gasteiger partial charge in [-0.1, -0.05) is 13.8 Å². The van der Waals surface area contributed by atoms with Crippen LogP contribution >= 0.6 is 0 Å². The van der Waals surface area contributed by atoms with Gasteiger partial charge < -0.3 is 15.2 Å². The summed E-state index contributed by atoms with van der Waals surface area (Å²) in [5.74, 6) is 1.02. The third-order valence-electron chi connectivity index (χ3n) is 2.89. The van der Waals surface area contributed by atoms with E-state index in [-0.39, 0.29) is 11.6 Å². The van der Waals surface area contributed by atoms with E-state index in [1.54, 1.807) is 6.07 Å². The number of nitrogens with two attached hydrogens (primary N) is 1. The number of ether oxygens (including phenoxy) is 2. The Morgan fingerprint density at radius 2 is 1.83 bits per heavy atom. The summed E-state index contributed by atoms with van der Waals surface area (Å²) in [5.41, 5.74) is 5.86. The van der Waals surface area contributed by atoms with Crippen LogP contribution in [0.15, 0.2) is 12.4 Å². The fourth-order valence-corrected chi connectivity index (χ4v) is 1.38. The lowest BCUT2D eigenvalue weighted by Crippen LogP contribution is -2.44. The van der Waals surface area contributed by atoms with Crippen LogP contribution in [0, 0.1) is 0 Å². The van der Waals surface area contributed by atoms with Crippen LogP contribution in [0.1, 0.15) is 40.5 Å². The van der Waals surface area contributed by atoms with Gasteiger partial charge in [-0.3, -0.25) is 0 Å². The van der Waals surface area contributed by atoms with Gasteiger partial charge >= 0.3 is 0 Å². The van der Waals surface area contributed by atoms with Gasteiger partial charge in [0.15, 0.2) is 0 Å². The van der Waals surface area contributed by atoms with Crippen LogP contribution in [0.5, 0.6) is 11.8 Å². The molecule has 18 heavy (non-hydrogen) atoms. The van der Waals surface area contributed by atoms with Gasteiger partial charge in [-0.2, -0.15) is 0 Å². The second-order valence-corrected chi connectivity index (χ2v) is 4.72. The Morgan fingerprint density at radius 1 is 1.22 bits per heavy atom. The maximum atomic E-state index is 6.16. The first kappa shape index (κ1) is 14.7. The van der Waals surface area contributed by atoms with Crippen LogP contribution in [0.3, 0.4) is 0 Å². The number of aromatic nitrogens is 2. The quantitative estimate of drug-likeness (QED) is 0.806. The van der Waals surface area contributed by atoms with Crippen molar-refractivity contribution in [1.82, 2.24) is 9.97 Å². The van der Waals surface area contributed by atoms with Crippen LogP contribution in [0.25, 0.3) is 0 Å². The summed E-state index contributed by atoms with van der Waals surface area (Å²) in [5, 5.41) is 0. The van der Waals surface area contributed by atoms with E-state index >= 15 is 0 Å². The van der Waals surface area contributed by atoms with E-state index in [0.29, 0.717) is 18.4 Å². The van der Waals surface area contributed by atoms with E-state index in [4.69, 9.17) is 15.2 Å². The standard InChI is InChI=1S/C13H23N3O2/c1-5-13(14,6-2)8-17-11-7-12(16-9-15-11)18-10(3)4/h7,9-10H,5-6,8,14H2,1-4H3. The van der Waals surface area contributed by atoms with Gasteiger partial charge in [0.05, 0.1) is 12.2 Å². The minimum Gasteiger partial charge on any atom is -0.476 e. The maximum Gasteiger partial charge on any atom is 0.220 e. The molecule has 5 nitrogen and oxygen atoms in total. The zero-order valence-electron chi connectivity index (χ0n) is 11.6. The van der Waals surface area contributed by atoms with E-state index in [9.17, 15) is 0 Å². The first-order valence-corrected chi connectivity index (χ1v) is 6.39. The first-order chi connectivity index (χ1) is 8.49. The first-order valence-electron chi connectivity index (χ1n) is 6.39. The highest BCUT2D eigenvalue weighted by atomic mass is 16.5. The van der Waals surface area contributed by atoms with Crippen molar-refractivity contribution in [2.24, 2.45) is 5.73 Å². The monoisotopic (exact) mass is 253 g/mol. The normalized spacial score (nSPS) is 11.7. The summed E-state index contributed by atoms with van der Waals surface area (Å²) in [6, 6.07) is 1.69. The molecule has 1 rings (SSSR count). The van der Waals surface area contributed by atoms with Gasteiger partial charge in [-0.25, -0.2) is 9.97 Å². The molecule has 0 fully saturated rings. The minimum absolute atomic E-state index is 0.0765. The summed E-state index contributed by atoms with van der Waals surface area (Å²) in [7, 11) is 0. The Bertz CT molecular complexity index is 365. The zero-order chi connectivity index (χ0) is 13.6. The topological polar surface area (TPSA) is 70.3 Å². The molecule has 0 bridgehead atoms. The van der Waals surface area contributed by atoms with Crippen molar-refractivity contribution >= 4 is 0 Å². The molecule has 5 heteroatoms. The highest BCUT2D eigenvalue weighted by Crippen LogP contribution is 2.17. The molecule has 102 valence electrons. The number of rotatable bonds is 7. The molecule has 2 N–H and O–H groups in total. The SMILES string of the molecule is CCC(N)(CC)COc1cc(OC(C)C)ncn1. The number of nitrogens with zero attached hydrogens (tertiary/aromatic N) is 2. The maximum absolute atomic E-state index is 6.16. The summed E-state index contributed by atoms with van der Waals surface area (Å²) in [4.78, 5) is 8.07. The highest BCUT2D eigenvalue weighted by molar-refractivity contribution is 5.18. The summed E-state index contributed by atoms with van der Waals surface area (Å²) in [6.07, 6.45) is 3.24. The van der Waals surface area contributed by atoms with Crippen molar-refractivity contribution in [3.63, 3.8) is 0 Å². The number of hydrogen-bond acceptors (Lipinski definition) is 5. The van der Waals surface area contributed by atoms with Crippen LogP contribution in [0.2, 0.25) is 0 Å². The lowest BCUT2D eigenvalue weighted by Gasteiger charge is -2.26. The molecular weight excluding hydrogens is 230 g/mol. The molecule has 0 saturated heterocycles.